The highest BCUT2D eigenvalue weighted by atomic mass is 16.6. The maximum absolute atomic E-state index is 13.2. The van der Waals surface area contributed by atoms with Gasteiger partial charge < -0.3 is 15.0 Å². The summed E-state index contributed by atoms with van der Waals surface area (Å²) in [6.07, 6.45) is 0.803. The lowest BCUT2D eigenvalue weighted by Gasteiger charge is -2.30. The maximum Gasteiger partial charge on any atom is 0.325 e. The number of benzene rings is 2. The quantitative estimate of drug-likeness (QED) is 0.442. The molecule has 1 atom stereocenters. The summed E-state index contributed by atoms with van der Waals surface area (Å²) >= 11 is 0. The van der Waals surface area contributed by atoms with Crippen LogP contribution in [-0.4, -0.2) is 46.7 Å². The van der Waals surface area contributed by atoms with Gasteiger partial charge >= 0.3 is 5.97 Å². The molecule has 0 fully saturated rings. The number of carbonyl (C=O) groups excluding carboxylic acids is 4. The SMILES string of the molecule is CC(=O)C(=O)N(Cc1ccccc1)C(CCc1ccccc1)C(=O)NCC(=O)OC(C)(C)C. The Bertz CT molecular complexity index is 952. The van der Waals surface area contributed by atoms with Crippen LogP contribution in [0.2, 0.25) is 0 Å². The molecule has 0 heterocycles. The van der Waals surface area contributed by atoms with Gasteiger partial charge in [0.2, 0.25) is 11.7 Å². The number of aryl methyl sites for hydroxylation is 1. The third-order valence-electron chi connectivity index (χ3n) is 4.81. The van der Waals surface area contributed by atoms with Gasteiger partial charge in [0.05, 0.1) is 0 Å². The lowest BCUT2D eigenvalue weighted by Crippen LogP contribution is -2.52. The van der Waals surface area contributed by atoms with Gasteiger partial charge in [-0.05, 0) is 44.7 Å². The number of rotatable bonds is 10. The molecule has 0 saturated carbocycles. The standard InChI is InChI=1S/C26H32N2O5/c1-19(29)25(32)28(18-21-13-9-6-10-14-21)22(16-15-20-11-7-5-8-12-20)24(31)27-17-23(30)33-26(2,3)4/h5-14,22H,15-18H2,1-4H3,(H,27,31). The van der Waals surface area contributed by atoms with E-state index < -0.39 is 35.2 Å². The van der Waals surface area contributed by atoms with Gasteiger partial charge in [0, 0.05) is 13.5 Å². The minimum absolute atomic E-state index is 0.0958. The van der Waals surface area contributed by atoms with E-state index in [-0.39, 0.29) is 19.5 Å². The predicted octanol–water partition coefficient (Wildman–Crippen LogP) is 3.06. The molecule has 2 aromatic rings. The molecule has 0 spiro atoms. The summed E-state index contributed by atoms with van der Waals surface area (Å²) in [5, 5.41) is 2.58. The summed E-state index contributed by atoms with van der Waals surface area (Å²) in [6.45, 7) is 6.17. The minimum Gasteiger partial charge on any atom is -0.459 e. The second kappa shape index (κ2) is 11.9. The molecule has 0 saturated heterocycles. The van der Waals surface area contributed by atoms with E-state index in [1.165, 1.54) is 11.8 Å². The van der Waals surface area contributed by atoms with Gasteiger partial charge in [-0.1, -0.05) is 60.7 Å². The first-order valence-corrected chi connectivity index (χ1v) is 11.0. The molecular formula is C26H32N2O5. The highest BCUT2D eigenvalue weighted by Gasteiger charge is 2.32. The molecular weight excluding hydrogens is 420 g/mol. The molecule has 7 heteroatoms. The Hall–Kier alpha value is -3.48. The fourth-order valence-electron chi connectivity index (χ4n) is 3.34. The monoisotopic (exact) mass is 452 g/mol. The number of nitrogens with zero attached hydrogens (tertiary/aromatic N) is 1. The third kappa shape index (κ3) is 8.88. The number of Topliss-reactive ketones (excluding diaryl/α,β-unsaturated/α-hetero) is 1. The van der Waals surface area contributed by atoms with E-state index in [1.54, 1.807) is 20.8 Å². The smallest absolute Gasteiger partial charge is 0.325 e. The highest BCUT2D eigenvalue weighted by molar-refractivity contribution is 6.35. The van der Waals surface area contributed by atoms with Gasteiger partial charge in [-0.2, -0.15) is 0 Å². The number of hydrogen-bond donors (Lipinski definition) is 1. The van der Waals surface area contributed by atoms with Crippen LogP contribution in [0, 0.1) is 0 Å². The molecule has 176 valence electrons. The third-order valence-corrected chi connectivity index (χ3v) is 4.81. The van der Waals surface area contributed by atoms with Crippen molar-refractivity contribution in [3.63, 3.8) is 0 Å². The molecule has 0 aromatic heterocycles. The van der Waals surface area contributed by atoms with Crippen molar-refractivity contribution in [2.75, 3.05) is 6.54 Å². The number of ether oxygens (including phenoxy) is 1. The van der Waals surface area contributed by atoms with Crippen LogP contribution in [0.4, 0.5) is 0 Å². The second-order valence-electron chi connectivity index (χ2n) is 8.82. The summed E-state index contributed by atoms with van der Waals surface area (Å²) < 4.78 is 5.25. The van der Waals surface area contributed by atoms with E-state index in [0.29, 0.717) is 6.42 Å². The van der Waals surface area contributed by atoms with Crippen molar-refractivity contribution in [1.29, 1.82) is 0 Å². The number of esters is 1. The molecule has 2 rings (SSSR count). The Labute approximate surface area is 195 Å². The normalized spacial score (nSPS) is 11.9. The van der Waals surface area contributed by atoms with Crippen molar-refractivity contribution in [1.82, 2.24) is 10.2 Å². The van der Waals surface area contributed by atoms with Gasteiger partial charge in [-0.3, -0.25) is 19.2 Å². The Morgan fingerprint density at radius 3 is 1.97 bits per heavy atom. The Morgan fingerprint density at radius 2 is 1.45 bits per heavy atom. The molecule has 0 bridgehead atoms. The van der Waals surface area contributed by atoms with Crippen molar-refractivity contribution in [2.45, 2.75) is 58.7 Å². The lowest BCUT2D eigenvalue weighted by molar-refractivity contribution is -0.155. The van der Waals surface area contributed by atoms with Gasteiger partial charge in [0.1, 0.15) is 18.2 Å². The Balaban J connectivity index is 2.26. The first-order valence-electron chi connectivity index (χ1n) is 11.0. The molecule has 1 unspecified atom stereocenters. The van der Waals surface area contributed by atoms with Crippen LogP contribution in [0.15, 0.2) is 60.7 Å². The van der Waals surface area contributed by atoms with Gasteiger partial charge in [0.25, 0.3) is 5.91 Å². The zero-order valence-electron chi connectivity index (χ0n) is 19.7. The maximum atomic E-state index is 13.2. The van der Waals surface area contributed by atoms with Crippen LogP contribution < -0.4 is 5.32 Å². The number of nitrogens with one attached hydrogen (secondary N) is 1. The topological polar surface area (TPSA) is 92.8 Å². The van der Waals surface area contributed by atoms with E-state index in [9.17, 15) is 19.2 Å². The molecule has 2 aromatic carbocycles. The summed E-state index contributed by atoms with van der Waals surface area (Å²) in [4.78, 5) is 51.4. The van der Waals surface area contributed by atoms with Crippen LogP contribution in [0.3, 0.4) is 0 Å². The van der Waals surface area contributed by atoms with Crippen LogP contribution in [0.5, 0.6) is 0 Å². The number of carbonyl (C=O) groups is 4. The zero-order valence-corrected chi connectivity index (χ0v) is 19.7. The van der Waals surface area contributed by atoms with E-state index in [2.05, 4.69) is 5.32 Å². The number of ketones is 1. The summed E-state index contributed by atoms with van der Waals surface area (Å²) in [5.41, 5.74) is 1.10. The van der Waals surface area contributed by atoms with E-state index in [0.717, 1.165) is 11.1 Å². The second-order valence-corrected chi connectivity index (χ2v) is 8.82. The largest absolute Gasteiger partial charge is 0.459 e. The van der Waals surface area contributed by atoms with Gasteiger partial charge in [-0.25, -0.2) is 0 Å². The van der Waals surface area contributed by atoms with Gasteiger partial charge in [0.15, 0.2) is 0 Å². The first kappa shape index (κ1) is 25.8. The van der Waals surface area contributed by atoms with E-state index in [1.807, 2.05) is 60.7 Å². The van der Waals surface area contributed by atoms with Crippen LogP contribution in [0.25, 0.3) is 0 Å². The molecule has 2 amide bonds. The average molecular weight is 453 g/mol. The van der Waals surface area contributed by atoms with Crippen molar-refractivity contribution in [3.05, 3.63) is 71.8 Å². The first-order chi connectivity index (χ1) is 15.6. The molecule has 33 heavy (non-hydrogen) atoms. The average Bonchev–Trinajstić information content (AvgIpc) is 2.76. The molecule has 0 aliphatic carbocycles. The zero-order chi connectivity index (χ0) is 24.4. The molecule has 1 N–H and O–H groups in total. The number of amides is 2. The van der Waals surface area contributed by atoms with Crippen LogP contribution in [0.1, 0.15) is 45.2 Å². The molecule has 0 aliphatic heterocycles. The highest BCUT2D eigenvalue weighted by Crippen LogP contribution is 2.16. The fourth-order valence-corrected chi connectivity index (χ4v) is 3.34. The summed E-state index contributed by atoms with van der Waals surface area (Å²) in [5.74, 6) is -2.49. The summed E-state index contributed by atoms with van der Waals surface area (Å²) in [6, 6.07) is 17.8. The predicted molar refractivity (Wildman–Crippen MR) is 125 cm³/mol. The Kier molecular flexibility index (Phi) is 9.33. The molecule has 0 radical (unpaired) electrons. The summed E-state index contributed by atoms with van der Waals surface area (Å²) in [7, 11) is 0. The van der Waals surface area contributed by atoms with Crippen molar-refractivity contribution in [2.24, 2.45) is 0 Å². The Morgan fingerprint density at radius 1 is 0.909 bits per heavy atom. The van der Waals surface area contributed by atoms with Crippen molar-refractivity contribution >= 4 is 23.6 Å². The van der Waals surface area contributed by atoms with Crippen molar-refractivity contribution < 1.29 is 23.9 Å². The van der Waals surface area contributed by atoms with Crippen LogP contribution >= 0.6 is 0 Å². The number of hydrogen-bond acceptors (Lipinski definition) is 5. The van der Waals surface area contributed by atoms with Crippen LogP contribution in [-0.2, 0) is 36.9 Å². The molecule has 0 aliphatic rings. The van der Waals surface area contributed by atoms with Gasteiger partial charge in [-0.15, -0.1) is 0 Å². The van der Waals surface area contributed by atoms with E-state index >= 15 is 0 Å². The van der Waals surface area contributed by atoms with Crippen molar-refractivity contribution in [3.8, 4) is 0 Å². The lowest BCUT2D eigenvalue weighted by atomic mass is 10.0. The van der Waals surface area contributed by atoms with E-state index in [4.69, 9.17) is 4.74 Å². The fraction of sp³-hybridized carbons (Fsp3) is 0.385. The minimum atomic E-state index is -0.941. The molecule has 7 nitrogen and oxygen atoms in total.